The van der Waals surface area contributed by atoms with Crippen LogP contribution in [0.2, 0.25) is 0 Å². The van der Waals surface area contributed by atoms with Crippen LogP contribution < -0.4 is 5.32 Å². The van der Waals surface area contributed by atoms with Gasteiger partial charge in [0.1, 0.15) is 6.17 Å². The fourth-order valence-corrected chi connectivity index (χ4v) is 7.09. The number of amides is 1. The first-order valence-corrected chi connectivity index (χ1v) is 16.8. The quantitative estimate of drug-likeness (QED) is 0.206. The van der Waals surface area contributed by atoms with E-state index in [-0.39, 0.29) is 30.5 Å². The van der Waals surface area contributed by atoms with Gasteiger partial charge >= 0.3 is 0 Å². The summed E-state index contributed by atoms with van der Waals surface area (Å²) in [7, 11) is 0. The third-order valence-electron chi connectivity index (χ3n) is 9.23. The first-order valence-electron chi connectivity index (χ1n) is 15.9. The van der Waals surface area contributed by atoms with E-state index >= 15 is 0 Å². The van der Waals surface area contributed by atoms with Crippen molar-refractivity contribution in [1.82, 2.24) is 29.2 Å². The van der Waals surface area contributed by atoms with Crippen molar-refractivity contribution >= 4 is 33.3 Å². The van der Waals surface area contributed by atoms with Crippen LogP contribution in [0.5, 0.6) is 0 Å². The molecule has 2 aliphatic rings. The number of halogens is 3. The van der Waals surface area contributed by atoms with Crippen molar-refractivity contribution in [3.05, 3.63) is 93.6 Å². The summed E-state index contributed by atoms with van der Waals surface area (Å²) in [6, 6.07) is 8.14. The van der Waals surface area contributed by atoms with Crippen LogP contribution in [0.25, 0.3) is 10.9 Å². The maximum absolute atomic E-state index is 14.5. The predicted octanol–water partition coefficient (Wildman–Crippen LogP) is 5.66. The monoisotopic (exact) mass is 673 g/mol. The molecule has 7 rings (SSSR count). The molecule has 1 amide bonds. The van der Waals surface area contributed by atoms with Crippen molar-refractivity contribution in [3.8, 4) is 11.8 Å². The Labute approximate surface area is 279 Å². The summed E-state index contributed by atoms with van der Waals surface area (Å²) in [6.07, 6.45) is 2.63. The number of nitrogens with zero attached hydrogens (tertiary/aromatic N) is 6. The second-order valence-corrected chi connectivity index (χ2v) is 13.3. The molecule has 0 radical (unpaired) electrons. The first-order chi connectivity index (χ1) is 23.3. The number of fused-ring (bicyclic) bond motifs is 2. The number of piperidine rings is 1. The summed E-state index contributed by atoms with van der Waals surface area (Å²) in [5, 5.41) is 19.1. The van der Waals surface area contributed by atoms with Crippen molar-refractivity contribution in [2.45, 2.75) is 57.9 Å². The lowest BCUT2D eigenvalue weighted by atomic mass is 9.97. The highest BCUT2D eigenvalue weighted by atomic mass is 32.1. The Morgan fingerprint density at radius 3 is 2.67 bits per heavy atom. The van der Waals surface area contributed by atoms with Gasteiger partial charge in [-0.15, -0.1) is 11.3 Å². The van der Waals surface area contributed by atoms with E-state index < -0.39 is 24.5 Å². The number of aliphatic hydroxyl groups is 1. The summed E-state index contributed by atoms with van der Waals surface area (Å²) in [6.45, 7) is 4.88. The minimum absolute atomic E-state index is 0.0858. The van der Waals surface area contributed by atoms with Crippen LogP contribution in [0.15, 0.2) is 54.4 Å². The van der Waals surface area contributed by atoms with Crippen LogP contribution in [-0.2, 0) is 24.3 Å². The molecule has 0 aliphatic carbocycles. The van der Waals surface area contributed by atoms with E-state index in [0.717, 1.165) is 43.6 Å². The van der Waals surface area contributed by atoms with Gasteiger partial charge in [-0.25, -0.2) is 23.1 Å². The topological polar surface area (TPSA) is 101 Å². The minimum atomic E-state index is -2.82. The van der Waals surface area contributed by atoms with Gasteiger partial charge < -0.3 is 9.67 Å². The van der Waals surface area contributed by atoms with Crippen molar-refractivity contribution in [2.24, 2.45) is 5.92 Å². The van der Waals surface area contributed by atoms with Crippen molar-refractivity contribution in [1.29, 1.82) is 0 Å². The number of benzene rings is 2. The molecule has 1 fully saturated rings. The number of aryl methyl sites for hydroxylation is 1. The van der Waals surface area contributed by atoms with Gasteiger partial charge in [-0.3, -0.25) is 19.7 Å². The summed E-state index contributed by atoms with van der Waals surface area (Å²) in [5.74, 6) is 6.06. The highest BCUT2D eigenvalue weighted by Crippen LogP contribution is 2.35. The lowest BCUT2D eigenvalue weighted by Crippen LogP contribution is -2.34. The third kappa shape index (κ3) is 6.48. The second-order valence-electron chi connectivity index (χ2n) is 12.4. The van der Waals surface area contributed by atoms with E-state index in [4.69, 9.17) is 0 Å². The van der Waals surface area contributed by atoms with E-state index in [9.17, 15) is 23.1 Å². The molecule has 1 unspecified atom stereocenters. The zero-order valence-corrected chi connectivity index (χ0v) is 27.1. The highest BCUT2D eigenvalue weighted by molar-refractivity contribution is 7.13. The second kappa shape index (κ2) is 13.5. The molecule has 0 spiro atoms. The average Bonchev–Trinajstić information content (AvgIpc) is 3.89. The number of hydrogen-bond donors (Lipinski definition) is 2. The molecule has 248 valence electrons. The van der Waals surface area contributed by atoms with Gasteiger partial charge in [-0.05, 0) is 68.1 Å². The molecule has 5 heterocycles. The molecule has 0 saturated carbocycles. The Morgan fingerprint density at radius 1 is 1.17 bits per heavy atom. The number of anilines is 1. The Hall–Kier alpha value is -4.51. The van der Waals surface area contributed by atoms with E-state index in [2.05, 4.69) is 37.1 Å². The number of aliphatic hydroxyl groups excluding tert-OH is 1. The van der Waals surface area contributed by atoms with Crippen LogP contribution in [0.3, 0.4) is 0 Å². The van der Waals surface area contributed by atoms with Crippen LogP contribution in [0.4, 0.5) is 18.3 Å². The van der Waals surface area contributed by atoms with Gasteiger partial charge in [0.15, 0.2) is 11.2 Å². The number of hydrogen-bond acceptors (Lipinski definition) is 7. The number of alkyl halides is 3. The molecular weight excluding hydrogens is 639 g/mol. The predicted molar refractivity (Wildman–Crippen MR) is 177 cm³/mol. The number of thiazole rings is 1. The van der Waals surface area contributed by atoms with E-state index in [0.29, 0.717) is 39.1 Å². The number of imidazole rings is 1. The summed E-state index contributed by atoms with van der Waals surface area (Å²) >= 11 is 1.23. The largest absolute Gasteiger partial charge is 0.396 e. The summed E-state index contributed by atoms with van der Waals surface area (Å²) < 4.78 is 46.4. The molecule has 1 saturated heterocycles. The minimum Gasteiger partial charge on any atom is -0.396 e. The van der Waals surface area contributed by atoms with Crippen LogP contribution in [-0.4, -0.2) is 66.1 Å². The van der Waals surface area contributed by atoms with Crippen molar-refractivity contribution < 1.29 is 23.1 Å². The van der Waals surface area contributed by atoms with Crippen LogP contribution in [0.1, 0.15) is 64.5 Å². The molecule has 2 atom stereocenters. The number of carbonyl (C=O) groups is 1. The molecule has 2 aliphatic heterocycles. The van der Waals surface area contributed by atoms with E-state index in [1.807, 2.05) is 24.3 Å². The molecule has 5 aromatic rings. The standard InChI is InChI=1S/C35H34F3N7O2S/c1-21-25(7-6-22-2-4-23(5-3-22)16-43-11-8-24(19-46)9-12-43)14-27(33(37)38)28-18-45(42-30(21)28)32(34(47)41-35-39-10-13-48-35)31-29-15-26(36)17-44(29)20-40-31/h2-5,10,13-14,18,20,24,26,32-33,46H,8-9,11-12,15-17,19H2,1H3,(H,39,41,47)/t26-,32?/m1/s1. The maximum atomic E-state index is 14.5. The highest BCUT2D eigenvalue weighted by Gasteiger charge is 2.35. The molecular formula is C35H34F3N7O2S. The number of aromatic nitrogens is 5. The summed E-state index contributed by atoms with van der Waals surface area (Å²) in [5.41, 5.74) is 3.84. The Morgan fingerprint density at radius 2 is 1.96 bits per heavy atom. The molecule has 2 N–H and O–H groups in total. The zero-order chi connectivity index (χ0) is 33.4. The molecule has 13 heteroatoms. The van der Waals surface area contributed by atoms with E-state index in [1.54, 1.807) is 23.1 Å². The van der Waals surface area contributed by atoms with Gasteiger partial charge in [0.2, 0.25) is 0 Å². The third-order valence-corrected chi connectivity index (χ3v) is 9.92. The van der Waals surface area contributed by atoms with Gasteiger partial charge in [0, 0.05) is 65.1 Å². The number of nitrogens with one attached hydrogen (secondary N) is 1. The Bertz CT molecular complexity index is 1990. The Kier molecular flexibility index (Phi) is 9.04. The molecule has 3 aromatic heterocycles. The SMILES string of the molecule is Cc1c(C#Cc2ccc(CN3CCC(CO)CC3)cc2)cc(C(F)F)c2cn(C(C(=O)Nc3nccs3)c3ncn4c3C[C@@H](F)C4)nc12. The van der Waals surface area contributed by atoms with Crippen LogP contribution >= 0.6 is 11.3 Å². The molecule has 0 bridgehead atoms. The molecule has 2 aromatic carbocycles. The normalized spacial score (nSPS) is 17.4. The van der Waals surface area contributed by atoms with Gasteiger partial charge in [-0.1, -0.05) is 24.0 Å². The average molecular weight is 674 g/mol. The number of likely N-dealkylation sites (tertiary alicyclic amines) is 1. The molecule has 9 nitrogen and oxygen atoms in total. The zero-order valence-electron chi connectivity index (χ0n) is 26.2. The van der Waals surface area contributed by atoms with Gasteiger partial charge in [0.25, 0.3) is 12.3 Å². The van der Waals surface area contributed by atoms with Gasteiger partial charge in [0.05, 0.1) is 24.1 Å². The lowest BCUT2D eigenvalue weighted by Gasteiger charge is -2.31. The smallest absolute Gasteiger partial charge is 0.264 e. The van der Waals surface area contributed by atoms with Crippen LogP contribution in [0, 0.1) is 24.7 Å². The van der Waals surface area contributed by atoms with Gasteiger partial charge in [-0.2, -0.15) is 5.10 Å². The maximum Gasteiger partial charge on any atom is 0.264 e. The van der Waals surface area contributed by atoms with E-state index in [1.165, 1.54) is 34.6 Å². The summed E-state index contributed by atoms with van der Waals surface area (Å²) in [4.78, 5) is 24.7. The lowest BCUT2D eigenvalue weighted by molar-refractivity contribution is -0.118. The number of carbonyl (C=O) groups excluding carboxylic acids is 1. The molecule has 48 heavy (non-hydrogen) atoms. The van der Waals surface area contributed by atoms with Crippen molar-refractivity contribution in [2.75, 3.05) is 25.0 Å². The fraction of sp³-hybridized carbons (Fsp3) is 0.371. The number of rotatable bonds is 8. The fourth-order valence-electron chi connectivity index (χ4n) is 6.56. The first kappa shape index (κ1) is 32.1. The van der Waals surface area contributed by atoms with Crippen molar-refractivity contribution in [3.63, 3.8) is 0 Å². The Balaban J connectivity index is 1.20.